The average molecular weight is 438 g/mol. The van der Waals surface area contributed by atoms with Gasteiger partial charge in [0.1, 0.15) is 16.8 Å². The Hall–Kier alpha value is -3.57. The van der Waals surface area contributed by atoms with Crippen molar-refractivity contribution >= 4 is 45.5 Å². The maximum Gasteiger partial charge on any atom is 0.354 e. The van der Waals surface area contributed by atoms with Crippen LogP contribution in [0.25, 0.3) is 10.9 Å². The molecule has 31 heavy (non-hydrogen) atoms. The van der Waals surface area contributed by atoms with Crippen molar-refractivity contribution in [3.05, 3.63) is 57.1 Å². The SMILES string of the molecule is C[C@@H](Nc1cc(=O)n(C)c2ccc(Nc3cc(C(=O)O)nc(Cl)c3C#N)cc12)C1CC1. The van der Waals surface area contributed by atoms with Crippen LogP contribution in [-0.2, 0) is 7.05 Å². The van der Waals surface area contributed by atoms with Gasteiger partial charge in [-0.05, 0) is 49.9 Å². The van der Waals surface area contributed by atoms with E-state index < -0.39 is 5.97 Å². The molecule has 0 spiro atoms. The van der Waals surface area contributed by atoms with Crippen molar-refractivity contribution in [2.45, 2.75) is 25.8 Å². The van der Waals surface area contributed by atoms with Gasteiger partial charge in [0.15, 0.2) is 5.69 Å². The van der Waals surface area contributed by atoms with Crippen molar-refractivity contribution in [2.75, 3.05) is 10.6 Å². The Morgan fingerprint density at radius 3 is 2.71 bits per heavy atom. The number of rotatable bonds is 6. The first-order chi connectivity index (χ1) is 14.8. The minimum Gasteiger partial charge on any atom is -0.477 e. The van der Waals surface area contributed by atoms with Crippen LogP contribution in [0.5, 0.6) is 0 Å². The summed E-state index contributed by atoms with van der Waals surface area (Å²) >= 11 is 6.01. The van der Waals surface area contributed by atoms with Crippen LogP contribution < -0.4 is 16.2 Å². The number of halogens is 1. The number of aromatic carboxylic acids is 1. The molecule has 3 N–H and O–H groups in total. The van der Waals surface area contributed by atoms with Gasteiger partial charge in [0, 0.05) is 35.9 Å². The maximum absolute atomic E-state index is 12.4. The predicted molar refractivity (Wildman–Crippen MR) is 119 cm³/mol. The highest BCUT2D eigenvalue weighted by atomic mass is 35.5. The number of aromatic nitrogens is 2. The molecule has 158 valence electrons. The zero-order valence-electron chi connectivity index (χ0n) is 16.9. The predicted octanol–water partition coefficient (Wildman–Crippen LogP) is 4.11. The normalized spacial score (nSPS) is 14.1. The standard InChI is InChI=1S/C22H20ClN5O3/c1-11(12-3-4-12)25-17-9-20(29)28(2)19-6-5-13(7-14(17)19)26-16-8-18(22(30)31)27-21(23)15(16)10-24/h5-9,11-12,25H,3-4H2,1-2H3,(H,26,27)(H,30,31)/t11-/m1/s1. The molecule has 0 aliphatic heterocycles. The van der Waals surface area contributed by atoms with E-state index in [0.717, 1.165) is 16.6 Å². The Morgan fingerprint density at radius 2 is 2.06 bits per heavy atom. The van der Waals surface area contributed by atoms with Gasteiger partial charge in [-0.2, -0.15) is 5.26 Å². The molecular weight excluding hydrogens is 418 g/mol. The zero-order valence-corrected chi connectivity index (χ0v) is 17.7. The number of aryl methyl sites for hydroxylation is 1. The average Bonchev–Trinajstić information content (AvgIpc) is 3.57. The second kappa shape index (κ2) is 7.93. The number of nitrogens with zero attached hydrogens (tertiary/aromatic N) is 3. The molecule has 1 aliphatic rings. The van der Waals surface area contributed by atoms with Gasteiger partial charge in [0.25, 0.3) is 5.56 Å². The molecule has 1 fully saturated rings. The number of hydrogen-bond donors (Lipinski definition) is 3. The van der Waals surface area contributed by atoms with Gasteiger partial charge in [-0.1, -0.05) is 11.6 Å². The molecule has 4 rings (SSSR count). The molecule has 3 aromatic rings. The lowest BCUT2D eigenvalue weighted by Crippen LogP contribution is -2.22. The van der Waals surface area contributed by atoms with E-state index in [0.29, 0.717) is 11.6 Å². The molecule has 0 amide bonds. The van der Waals surface area contributed by atoms with E-state index in [9.17, 15) is 20.0 Å². The van der Waals surface area contributed by atoms with Crippen LogP contribution in [0, 0.1) is 17.2 Å². The van der Waals surface area contributed by atoms with Gasteiger partial charge in [-0.15, -0.1) is 0 Å². The highest BCUT2D eigenvalue weighted by Gasteiger charge is 2.28. The van der Waals surface area contributed by atoms with E-state index in [4.69, 9.17) is 11.6 Å². The summed E-state index contributed by atoms with van der Waals surface area (Å²) in [6, 6.07) is 10.5. The van der Waals surface area contributed by atoms with Crippen molar-refractivity contribution in [1.29, 1.82) is 5.26 Å². The summed E-state index contributed by atoms with van der Waals surface area (Å²) < 4.78 is 1.57. The topological polar surface area (TPSA) is 120 Å². The Bertz CT molecular complexity index is 1310. The van der Waals surface area contributed by atoms with Crippen LogP contribution in [0.15, 0.2) is 35.1 Å². The summed E-state index contributed by atoms with van der Waals surface area (Å²) in [5.74, 6) is -0.643. The molecule has 1 aromatic carbocycles. The number of carboxylic acids is 1. The van der Waals surface area contributed by atoms with Gasteiger partial charge in [-0.25, -0.2) is 9.78 Å². The largest absolute Gasteiger partial charge is 0.477 e. The molecule has 1 atom stereocenters. The third-order valence-electron chi connectivity index (χ3n) is 5.54. The van der Waals surface area contributed by atoms with E-state index in [2.05, 4.69) is 22.5 Å². The Kier molecular flexibility index (Phi) is 5.29. The first-order valence-corrected chi connectivity index (χ1v) is 10.2. The van der Waals surface area contributed by atoms with Crippen molar-refractivity contribution in [3.8, 4) is 6.07 Å². The first-order valence-electron chi connectivity index (χ1n) is 9.79. The van der Waals surface area contributed by atoms with Gasteiger partial charge >= 0.3 is 5.97 Å². The first kappa shape index (κ1) is 20.7. The fraction of sp³-hybridized carbons (Fsp3) is 0.273. The summed E-state index contributed by atoms with van der Waals surface area (Å²) in [6.07, 6.45) is 2.35. The quantitative estimate of drug-likeness (QED) is 0.496. The number of anilines is 3. The number of nitrogens with one attached hydrogen (secondary N) is 2. The number of carboxylic acid groups (broad SMARTS) is 1. The summed E-state index contributed by atoms with van der Waals surface area (Å²) in [5.41, 5.74) is 2.01. The molecule has 1 saturated carbocycles. The van der Waals surface area contributed by atoms with Crippen molar-refractivity contribution in [1.82, 2.24) is 9.55 Å². The maximum atomic E-state index is 12.4. The van der Waals surface area contributed by atoms with Crippen LogP contribution in [0.2, 0.25) is 5.15 Å². The number of pyridine rings is 2. The molecule has 0 unspecified atom stereocenters. The second-order valence-electron chi connectivity index (χ2n) is 7.72. The Balaban J connectivity index is 1.79. The molecule has 0 bridgehead atoms. The smallest absolute Gasteiger partial charge is 0.354 e. The van der Waals surface area contributed by atoms with E-state index in [-0.39, 0.29) is 33.7 Å². The number of benzene rings is 1. The molecule has 2 aromatic heterocycles. The minimum absolute atomic E-state index is 0.0490. The number of nitriles is 1. The number of hydrogen-bond acceptors (Lipinski definition) is 6. The molecule has 0 radical (unpaired) electrons. The second-order valence-corrected chi connectivity index (χ2v) is 8.08. The summed E-state index contributed by atoms with van der Waals surface area (Å²) in [5, 5.41) is 25.9. The van der Waals surface area contributed by atoms with Crippen LogP contribution in [0.4, 0.5) is 17.1 Å². The minimum atomic E-state index is -1.25. The summed E-state index contributed by atoms with van der Waals surface area (Å²) in [7, 11) is 1.71. The number of carbonyl (C=O) groups is 1. The molecule has 0 saturated heterocycles. The molecule has 2 heterocycles. The van der Waals surface area contributed by atoms with Crippen LogP contribution in [0.1, 0.15) is 35.8 Å². The van der Waals surface area contributed by atoms with Crippen LogP contribution in [0.3, 0.4) is 0 Å². The van der Waals surface area contributed by atoms with E-state index in [1.165, 1.54) is 18.9 Å². The fourth-order valence-electron chi connectivity index (χ4n) is 3.60. The lowest BCUT2D eigenvalue weighted by atomic mass is 10.1. The molecule has 8 nitrogen and oxygen atoms in total. The van der Waals surface area contributed by atoms with E-state index >= 15 is 0 Å². The third-order valence-corrected chi connectivity index (χ3v) is 5.82. The van der Waals surface area contributed by atoms with Crippen LogP contribution in [-0.4, -0.2) is 26.7 Å². The molecule has 1 aliphatic carbocycles. The van der Waals surface area contributed by atoms with Gasteiger partial charge in [0.2, 0.25) is 0 Å². The number of fused-ring (bicyclic) bond motifs is 1. The molecular formula is C22H20ClN5O3. The lowest BCUT2D eigenvalue weighted by molar-refractivity contribution is 0.0690. The van der Waals surface area contributed by atoms with E-state index in [1.54, 1.807) is 29.8 Å². The monoisotopic (exact) mass is 437 g/mol. The highest BCUT2D eigenvalue weighted by Crippen LogP contribution is 2.35. The van der Waals surface area contributed by atoms with Gasteiger partial charge in [0.05, 0.1) is 11.2 Å². The van der Waals surface area contributed by atoms with Crippen molar-refractivity contribution in [2.24, 2.45) is 13.0 Å². The Labute approximate surface area is 183 Å². The fourth-order valence-corrected chi connectivity index (χ4v) is 3.84. The Morgan fingerprint density at radius 1 is 1.32 bits per heavy atom. The van der Waals surface area contributed by atoms with Gasteiger partial charge in [-0.3, -0.25) is 4.79 Å². The van der Waals surface area contributed by atoms with Crippen molar-refractivity contribution < 1.29 is 9.90 Å². The summed E-state index contributed by atoms with van der Waals surface area (Å²) in [6.45, 7) is 2.11. The zero-order chi connectivity index (χ0) is 22.3. The molecule has 9 heteroatoms. The van der Waals surface area contributed by atoms with Crippen molar-refractivity contribution in [3.63, 3.8) is 0 Å². The summed E-state index contributed by atoms with van der Waals surface area (Å²) in [4.78, 5) is 27.5. The third kappa shape index (κ3) is 4.05. The highest BCUT2D eigenvalue weighted by molar-refractivity contribution is 6.31. The lowest BCUT2D eigenvalue weighted by Gasteiger charge is -2.18. The van der Waals surface area contributed by atoms with Crippen LogP contribution >= 0.6 is 11.6 Å². The van der Waals surface area contributed by atoms with E-state index in [1.807, 2.05) is 12.1 Å². The van der Waals surface area contributed by atoms with Gasteiger partial charge < -0.3 is 20.3 Å².